The van der Waals surface area contributed by atoms with E-state index in [2.05, 4.69) is 6.07 Å². The highest BCUT2D eigenvalue weighted by Crippen LogP contribution is 2.34. The number of fused-ring (bicyclic) bond motifs is 1. The summed E-state index contributed by atoms with van der Waals surface area (Å²) >= 11 is 0. The number of methoxy groups -OCH3 is 1. The fourth-order valence-electron chi connectivity index (χ4n) is 4.33. The molecule has 0 aliphatic rings. The van der Waals surface area contributed by atoms with Gasteiger partial charge < -0.3 is 18.9 Å². The average Bonchev–Trinajstić information content (AvgIpc) is 2.98. The molecule has 4 rings (SSSR count). The predicted octanol–water partition coefficient (Wildman–Crippen LogP) is 5.73. The van der Waals surface area contributed by atoms with Crippen LogP contribution < -0.4 is 4.74 Å². The lowest BCUT2D eigenvalue weighted by Gasteiger charge is -2.23. The summed E-state index contributed by atoms with van der Waals surface area (Å²) in [5.41, 5.74) is 1.43. The Morgan fingerprint density at radius 2 is 1.68 bits per heavy atom. The minimum atomic E-state index is -1.35. The summed E-state index contributed by atoms with van der Waals surface area (Å²) in [5, 5.41) is 22.8. The predicted molar refractivity (Wildman–Crippen MR) is 148 cm³/mol. The number of nitro groups is 1. The van der Waals surface area contributed by atoms with Crippen LogP contribution in [0.25, 0.3) is 10.8 Å². The van der Waals surface area contributed by atoms with Gasteiger partial charge in [-0.05, 0) is 46.7 Å². The lowest BCUT2D eigenvalue weighted by atomic mass is 9.96. The van der Waals surface area contributed by atoms with E-state index in [0.29, 0.717) is 27.8 Å². The fraction of sp³-hybridized carbons (Fsp3) is 0.194. The first-order valence-electron chi connectivity index (χ1n) is 12.5. The summed E-state index contributed by atoms with van der Waals surface area (Å²) in [7, 11) is 1.45. The van der Waals surface area contributed by atoms with Gasteiger partial charge in [-0.15, -0.1) is 0 Å². The molecule has 0 fully saturated rings. The summed E-state index contributed by atoms with van der Waals surface area (Å²) in [5.74, 6) is -1.20. The Kier molecular flexibility index (Phi) is 9.24. The average molecular weight is 555 g/mol. The Labute approximate surface area is 235 Å². The molecule has 10 nitrogen and oxygen atoms in total. The van der Waals surface area contributed by atoms with Gasteiger partial charge in [-0.25, -0.2) is 4.79 Å². The number of benzene rings is 4. The third-order valence-electron chi connectivity index (χ3n) is 6.22. The van der Waals surface area contributed by atoms with Crippen molar-refractivity contribution >= 4 is 28.4 Å². The third kappa shape index (κ3) is 7.23. The number of rotatable bonds is 11. The Bertz CT molecular complexity index is 1610. The zero-order valence-corrected chi connectivity index (χ0v) is 22.3. The first-order valence-corrected chi connectivity index (χ1v) is 12.5. The number of hydrogen-bond donors (Lipinski definition) is 0. The van der Waals surface area contributed by atoms with Crippen LogP contribution in [0.1, 0.15) is 41.4 Å². The number of nitrogens with zero attached hydrogens (tertiary/aromatic N) is 2. The van der Waals surface area contributed by atoms with Gasteiger partial charge in [-0.3, -0.25) is 14.9 Å². The van der Waals surface area contributed by atoms with Crippen LogP contribution in [-0.4, -0.2) is 30.8 Å². The monoisotopic (exact) mass is 554 g/mol. The molecule has 0 radical (unpaired) electrons. The standard InChI is InChI=1S/C31H26N2O8/c1-20(34)40-30(23-6-4-3-5-7-23)31(35)41-29(24-11-10-22-9-8-21(18-32)14-25(22)15-24)17-26-16-27(39-19-38-2)12-13-28(26)33(36)37/h3-16,29-30H,17,19H2,1-2H3/t29-,30-/m0/s1. The molecule has 41 heavy (non-hydrogen) atoms. The molecule has 4 aromatic rings. The van der Waals surface area contributed by atoms with Crippen LogP contribution in [0.2, 0.25) is 0 Å². The number of carbonyl (C=O) groups is 2. The Hall–Kier alpha value is -5.27. The normalized spacial score (nSPS) is 12.1. The summed E-state index contributed by atoms with van der Waals surface area (Å²) in [6.07, 6.45) is -2.49. The summed E-state index contributed by atoms with van der Waals surface area (Å²) in [6.45, 7) is 1.12. The SMILES string of the molecule is COCOc1ccc([N+](=O)[O-])c(C[C@H](OC(=O)[C@@H](OC(C)=O)c2ccccc2)c2ccc3ccc(C#N)cc3c2)c1. The molecule has 0 aromatic heterocycles. The van der Waals surface area contributed by atoms with Crippen molar-refractivity contribution in [1.82, 2.24) is 0 Å². The topological polar surface area (TPSA) is 138 Å². The van der Waals surface area contributed by atoms with E-state index in [9.17, 15) is 25.0 Å². The number of ether oxygens (including phenoxy) is 4. The van der Waals surface area contributed by atoms with Crippen LogP contribution in [0.5, 0.6) is 5.75 Å². The van der Waals surface area contributed by atoms with Crippen molar-refractivity contribution in [3.63, 3.8) is 0 Å². The molecule has 4 aromatic carbocycles. The van der Waals surface area contributed by atoms with Crippen LogP contribution in [0, 0.1) is 21.4 Å². The smallest absolute Gasteiger partial charge is 0.352 e. The van der Waals surface area contributed by atoms with Gasteiger partial charge in [0.15, 0.2) is 6.79 Å². The highest BCUT2D eigenvalue weighted by molar-refractivity contribution is 5.85. The van der Waals surface area contributed by atoms with E-state index in [1.165, 1.54) is 32.2 Å². The molecule has 0 N–H and O–H groups in total. The van der Waals surface area contributed by atoms with Crippen LogP contribution in [-0.2, 0) is 30.2 Å². The van der Waals surface area contributed by atoms with Gasteiger partial charge in [0.05, 0.1) is 16.6 Å². The summed E-state index contributed by atoms with van der Waals surface area (Å²) in [6, 6.07) is 25.3. The first kappa shape index (κ1) is 28.7. The van der Waals surface area contributed by atoms with E-state index in [1.807, 2.05) is 0 Å². The van der Waals surface area contributed by atoms with Gasteiger partial charge in [-0.2, -0.15) is 5.26 Å². The third-order valence-corrected chi connectivity index (χ3v) is 6.22. The zero-order chi connectivity index (χ0) is 29.4. The molecule has 0 bridgehead atoms. The summed E-state index contributed by atoms with van der Waals surface area (Å²) in [4.78, 5) is 36.8. The highest BCUT2D eigenvalue weighted by atomic mass is 16.7. The minimum Gasteiger partial charge on any atom is -0.468 e. The van der Waals surface area contributed by atoms with E-state index in [4.69, 9.17) is 18.9 Å². The lowest BCUT2D eigenvalue weighted by molar-refractivity contribution is -0.385. The fourth-order valence-corrected chi connectivity index (χ4v) is 4.33. The van der Waals surface area contributed by atoms with Crippen LogP contribution in [0.15, 0.2) is 84.9 Å². The van der Waals surface area contributed by atoms with Gasteiger partial charge in [0, 0.05) is 37.6 Å². The van der Waals surface area contributed by atoms with E-state index >= 15 is 0 Å². The molecule has 0 saturated carbocycles. The largest absolute Gasteiger partial charge is 0.468 e. The second-order valence-corrected chi connectivity index (χ2v) is 9.06. The number of nitriles is 1. The first-order chi connectivity index (χ1) is 19.8. The molecule has 0 unspecified atom stereocenters. The Balaban J connectivity index is 1.78. The van der Waals surface area contributed by atoms with E-state index in [1.54, 1.807) is 66.7 Å². The molecule has 0 amide bonds. The molecule has 0 spiro atoms. The van der Waals surface area contributed by atoms with Crippen molar-refractivity contribution in [1.29, 1.82) is 5.26 Å². The maximum absolute atomic E-state index is 13.5. The Morgan fingerprint density at radius 3 is 2.37 bits per heavy atom. The maximum Gasteiger partial charge on any atom is 0.352 e. The van der Waals surface area contributed by atoms with Crippen molar-refractivity contribution < 1.29 is 33.5 Å². The second kappa shape index (κ2) is 13.2. The highest BCUT2D eigenvalue weighted by Gasteiger charge is 2.30. The van der Waals surface area contributed by atoms with Crippen LogP contribution >= 0.6 is 0 Å². The molecule has 10 heteroatoms. The molecule has 208 valence electrons. The van der Waals surface area contributed by atoms with Gasteiger partial charge in [-0.1, -0.05) is 48.5 Å². The van der Waals surface area contributed by atoms with E-state index < -0.39 is 29.1 Å². The van der Waals surface area contributed by atoms with Crippen molar-refractivity contribution in [2.24, 2.45) is 0 Å². The number of hydrogen-bond acceptors (Lipinski definition) is 9. The molecule has 0 aliphatic heterocycles. The zero-order valence-electron chi connectivity index (χ0n) is 22.3. The summed E-state index contributed by atoms with van der Waals surface area (Å²) < 4.78 is 21.7. The molecule has 0 saturated heterocycles. The van der Waals surface area contributed by atoms with Crippen LogP contribution in [0.4, 0.5) is 5.69 Å². The molecule has 0 aliphatic carbocycles. The number of esters is 2. The molecule has 0 heterocycles. The lowest BCUT2D eigenvalue weighted by Crippen LogP contribution is -2.24. The number of nitro benzene ring substituents is 1. The second-order valence-electron chi connectivity index (χ2n) is 9.06. The van der Waals surface area contributed by atoms with Crippen molar-refractivity contribution in [3.05, 3.63) is 117 Å². The van der Waals surface area contributed by atoms with Gasteiger partial charge >= 0.3 is 11.9 Å². The maximum atomic E-state index is 13.5. The van der Waals surface area contributed by atoms with Gasteiger partial charge in [0.1, 0.15) is 11.9 Å². The van der Waals surface area contributed by atoms with E-state index in [-0.39, 0.29) is 24.5 Å². The van der Waals surface area contributed by atoms with Crippen LogP contribution in [0.3, 0.4) is 0 Å². The molecular formula is C31H26N2O8. The van der Waals surface area contributed by atoms with E-state index in [0.717, 1.165) is 5.39 Å². The van der Waals surface area contributed by atoms with Gasteiger partial charge in [0.2, 0.25) is 6.10 Å². The minimum absolute atomic E-state index is 0.0668. The molecular weight excluding hydrogens is 528 g/mol. The van der Waals surface area contributed by atoms with Crippen molar-refractivity contribution in [2.75, 3.05) is 13.9 Å². The van der Waals surface area contributed by atoms with Crippen molar-refractivity contribution in [3.8, 4) is 11.8 Å². The quantitative estimate of drug-likeness (QED) is 0.0984. The Morgan fingerprint density at radius 1 is 0.927 bits per heavy atom. The van der Waals surface area contributed by atoms with Crippen molar-refractivity contribution in [2.45, 2.75) is 25.6 Å². The number of carbonyl (C=O) groups excluding carboxylic acids is 2. The molecule has 2 atom stereocenters. The van der Waals surface area contributed by atoms with Gasteiger partial charge in [0.25, 0.3) is 5.69 Å².